The maximum Gasteiger partial charge on any atom is 0.124 e. The van der Waals surface area contributed by atoms with Gasteiger partial charge in [-0.1, -0.05) is 15.9 Å². The van der Waals surface area contributed by atoms with E-state index in [4.69, 9.17) is 0 Å². The number of hydrogen-bond donors (Lipinski definition) is 0. The first-order valence-corrected chi connectivity index (χ1v) is 3.87. The Morgan fingerprint density at radius 2 is 2.50 bits per heavy atom. The Hall–Kier alpha value is 0.300. The minimum atomic E-state index is 0.184. The van der Waals surface area contributed by atoms with Gasteiger partial charge in [-0.15, -0.1) is 0 Å². The van der Waals surface area contributed by atoms with Crippen LogP contribution >= 0.6 is 31.9 Å². The lowest BCUT2D eigenvalue weighted by Crippen LogP contribution is -2.08. The molecule has 4 heteroatoms. The number of hydrogen-bond acceptors (Lipinski definition) is 2. The average Bonchev–Trinajstić information content (AvgIpc) is 1.77. The van der Waals surface area contributed by atoms with Gasteiger partial charge in [0, 0.05) is 0 Å². The van der Waals surface area contributed by atoms with Gasteiger partial charge in [0.15, 0.2) is 0 Å². The van der Waals surface area contributed by atoms with Crippen molar-refractivity contribution in [1.29, 1.82) is 0 Å². The SMILES string of the molecule is BrC1=NCC(Br)N=C1. The van der Waals surface area contributed by atoms with Crippen molar-refractivity contribution in [3.63, 3.8) is 0 Å². The first kappa shape index (κ1) is 6.42. The second kappa shape index (κ2) is 2.73. The minimum Gasteiger partial charge on any atom is -0.274 e. The fourth-order valence-electron chi connectivity index (χ4n) is 0.393. The highest BCUT2D eigenvalue weighted by molar-refractivity contribution is 9.19. The molecule has 0 aromatic heterocycles. The average molecular weight is 240 g/mol. The smallest absolute Gasteiger partial charge is 0.124 e. The van der Waals surface area contributed by atoms with E-state index < -0.39 is 0 Å². The van der Waals surface area contributed by atoms with Gasteiger partial charge < -0.3 is 0 Å². The Kier molecular flexibility index (Phi) is 2.19. The molecular formula is C4H4Br2N2. The standard InChI is InChI=1S/C4H4Br2N2/c5-3-1-7-4(6)2-8-3/h1,4H,2H2. The zero-order valence-corrected chi connectivity index (χ0v) is 7.18. The zero-order valence-electron chi connectivity index (χ0n) is 4.01. The molecule has 0 aromatic carbocycles. The van der Waals surface area contributed by atoms with Crippen LogP contribution in [0.5, 0.6) is 0 Å². The lowest BCUT2D eigenvalue weighted by molar-refractivity contribution is 0.928. The lowest BCUT2D eigenvalue weighted by atomic mass is 10.6. The fraction of sp³-hybridized carbons (Fsp3) is 0.500. The molecule has 8 heavy (non-hydrogen) atoms. The second-order valence-electron chi connectivity index (χ2n) is 1.38. The summed E-state index contributed by atoms with van der Waals surface area (Å²) < 4.78 is 0.827. The van der Waals surface area contributed by atoms with Crippen LogP contribution in [-0.4, -0.2) is 22.3 Å². The molecule has 0 spiro atoms. The van der Waals surface area contributed by atoms with E-state index in [1.807, 2.05) is 0 Å². The van der Waals surface area contributed by atoms with Crippen LogP contribution in [0.2, 0.25) is 0 Å². The van der Waals surface area contributed by atoms with Crippen LogP contribution < -0.4 is 0 Å². The van der Waals surface area contributed by atoms with Crippen molar-refractivity contribution in [2.45, 2.75) is 4.95 Å². The molecule has 0 bridgehead atoms. The Balaban J connectivity index is 2.58. The predicted molar refractivity (Wildman–Crippen MR) is 42.4 cm³/mol. The molecule has 1 unspecified atom stereocenters. The summed E-state index contributed by atoms with van der Waals surface area (Å²) in [7, 11) is 0. The molecule has 1 rings (SSSR count). The third kappa shape index (κ3) is 1.67. The molecule has 0 radical (unpaired) electrons. The van der Waals surface area contributed by atoms with Crippen LogP contribution in [0.3, 0.4) is 0 Å². The Morgan fingerprint density at radius 3 is 2.88 bits per heavy atom. The second-order valence-corrected chi connectivity index (χ2v) is 3.25. The van der Waals surface area contributed by atoms with Crippen molar-refractivity contribution in [2.75, 3.05) is 6.54 Å². The molecule has 0 N–H and O–H groups in total. The molecule has 44 valence electrons. The Bertz CT molecular complexity index is 141. The molecule has 0 amide bonds. The number of nitrogens with zero attached hydrogens (tertiary/aromatic N) is 2. The van der Waals surface area contributed by atoms with Gasteiger partial charge in [0.1, 0.15) is 9.57 Å². The summed E-state index contributed by atoms with van der Waals surface area (Å²) >= 11 is 6.49. The van der Waals surface area contributed by atoms with Gasteiger partial charge in [0.25, 0.3) is 0 Å². The van der Waals surface area contributed by atoms with Gasteiger partial charge in [-0.05, 0) is 15.9 Å². The molecular weight excluding hydrogens is 236 g/mol. The van der Waals surface area contributed by atoms with Crippen molar-refractivity contribution >= 4 is 42.7 Å². The molecule has 0 fully saturated rings. The normalized spacial score (nSPS) is 27.8. The molecule has 2 nitrogen and oxygen atoms in total. The third-order valence-corrected chi connectivity index (χ3v) is 1.72. The summed E-state index contributed by atoms with van der Waals surface area (Å²) in [6.07, 6.45) is 1.70. The van der Waals surface area contributed by atoms with Crippen LogP contribution in [0.1, 0.15) is 0 Å². The highest BCUT2D eigenvalue weighted by Gasteiger charge is 2.02. The minimum absolute atomic E-state index is 0.184. The van der Waals surface area contributed by atoms with E-state index in [-0.39, 0.29) is 4.95 Å². The van der Waals surface area contributed by atoms with Crippen LogP contribution in [0.15, 0.2) is 9.98 Å². The van der Waals surface area contributed by atoms with E-state index in [1.165, 1.54) is 0 Å². The van der Waals surface area contributed by atoms with Gasteiger partial charge in [0.2, 0.25) is 0 Å². The van der Waals surface area contributed by atoms with Crippen LogP contribution in [0.4, 0.5) is 0 Å². The molecule has 1 aliphatic heterocycles. The van der Waals surface area contributed by atoms with E-state index in [0.29, 0.717) is 0 Å². The van der Waals surface area contributed by atoms with E-state index >= 15 is 0 Å². The van der Waals surface area contributed by atoms with Gasteiger partial charge >= 0.3 is 0 Å². The molecule has 1 atom stereocenters. The largest absolute Gasteiger partial charge is 0.274 e. The van der Waals surface area contributed by atoms with E-state index in [9.17, 15) is 0 Å². The number of alkyl halides is 1. The monoisotopic (exact) mass is 238 g/mol. The number of halogens is 2. The van der Waals surface area contributed by atoms with Crippen molar-refractivity contribution in [2.24, 2.45) is 9.98 Å². The van der Waals surface area contributed by atoms with Crippen LogP contribution in [0.25, 0.3) is 0 Å². The number of aliphatic imine (C=N–C) groups is 2. The van der Waals surface area contributed by atoms with Crippen LogP contribution in [0, 0.1) is 0 Å². The van der Waals surface area contributed by atoms with Crippen molar-refractivity contribution in [3.05, 3.63) is 0 Å². The topological polar surface area (TPSA) is 24.7 Å². The summed E-state index contributed by atoms with van der Waals surface area (Å²) in [5, 5.41) is 0. The maximum atomic E-state index is 4.05. The van der Waals surface area contributed by atoms with Crippen molar-refractivity contribution < 1.29 is 0 Å². The van der Waals surface area contributed by atoms with Gasteiger partial charge in [-0.2, -0.15) is 0 Å². The maximum absolute atomic E-state index is 4.05. The quantitative estimate of drug-likeness (QED) is 0.453. The summed E-state index contributed by atoms with van der Waals surface area (Å²) in [6, 6.07) is 0. The summed E-state index contributed by atoms with van der Waals surface area (Å²) in [6.45, 7) is 0.733. The fourth-order valence-corrected chi connectivity index (χ4v) is 0.919. The first-order chi connectivity index (χ1) is 3.79. The molecule has 0 saturated heterocycles. The third-order valence-electron chi connectivity index (χ3n) is 0.736. The van der Waals surface area contributed by atoms with E-state index in [1.54, 1.807) is 6.21 Å². The predicted octanol–water partition coefficient (Wildman–Crippen LogP) is 1.59. The van der Waals surface area contributed by atoms with Crippen molar-refractivity contribution in [1.82, 2.24) is 0 Å². The van der Waals surface area contributed by atoms with Gasteiger partial charge in [-0.3, -0.25) is 9.98 Å². The molecule has 1 aliphatic rings. The van der Waals surface area contributed by atoms with Crippen LogP contribution in [-0.2, 0) is 0 Å². The number of rotatable bonds is 0. The lowest BCUT2D eigenvalue weighted by Gasteiger charge is -2.03. The summed E-state index contributed by atoms with van der Waals surface area (Å²) in [5.41, 5.74) is 0. The zero-order chi connectivity index (χ0) is 5.98. The molecule has 0 aliphatic carbocycles. The summed E-state index contributed by atoms with van der Waals surface area (Å²) in [5.74, 6) is 0. The highest BCUT2D eigenvalue weighted by atomic mass is 79.9. The Morgan fingerprint density at radius 1 is 1.75 bits per heavy atom. The summed E-state index contributed by atoms with van der Waals surface area (Å²) in [4.78, 5) is 8.26. The van der Waals surface area contributed by atoms with Gasteiger partial charge in [-0.25, -0.2) is 0 Å². The highest BCUT2D eigenvalue weighted by Crippen LogP contribution is 2.06. The van der Waals surface area contributed by atoms with Gasteiger partial charge in [0.05, 0.1) is 12.8 Å². The van der Waals surface area contributed by atoms with Crippen molar-refractivity contribution in [3.8, 4) is 0 Å². The molecule has 0 saturated carbocycles. The molecule has 0 aromatic rings. The Labute approximate surface area is 64.4 Å². The van der Waals surface area contributed by atoms with E-state index in [2.05, 4.69) is 41.8 Å². The molecule has 1 heterocycles. The first-order valence-electron chi connectivity index (χ1n) is 2.16. The van der Waals surface area contributed by atoms with E-state index in [0.717, 1.165) is 11.2 Å².